The molecule has 0 saturated carbocycles. The standard InChI is InChI=1S/C17H17N3O6S/c1-26-15-6-2-13(3-7-15)19-11-12(10-17(19)21)18-27(24,25)16-8-4-14(5-9-16)20(22)23/h2-9,12,18H,10-11H2,1H3. The van der Waals surface area contributed by atoms with Gasteiger partial charge in [0.25, 0.3) is 5.69 Å². The quantitative estimate of drug-likeness (QED) is 0.591. The van der Waals surface area contributed by atoms with Gasteiger partial charge in [-0.05, 0) is 36.4 Å². The number of non-ortho nitro benzene ring substituents is 1. The summed E-state index contributed by atoms with van der Waals surface area (Å²) in [5.74, 6) is 0.456. The highest BCUT2D eigenvalue weighted by Crippen LogP contribution is 2.25. The summed E-state index contributed by atoms with van der Waals surface area (Å²) in [6.45, 7) is 0.192. The van der Waals surface area contributed by atoms with Crippen molar-refractivity contribution in [3.8, 4) is 5.75 Å². The van der Waals surface area contributed by atoms with Crippen LogP contribution in [0.3, 0.4) is 0 Å². The summed E-state index contributed by atoms with van der Waals surface area (Å²) >= 11 is 0. The number of nitro benzene ring substituents is 1. The minimum absolute atomic E-state index is 0.0260. The van der Waals surface area contributed by atoms with Crippen LogP contribution in [0.25, 0.3) is 0 Å². The summed E-state index contributed by atoms with van der Waals surface area (Å²) in [5.41, 5.74) is 0.452. The Bertz CT molecular complexity index is 957. The molecule has 0 bridgehead atoms. The molecule has 0 aliphatic carbocycles. The number of sulfonamides is 1. The second-order valence-corrected chi connectivity index (χ2v) is 7.69. The lowest BCUT2D eigenvalue weighted by Gasteiger charge is -2.17. The lowest BCUT2D eigenvalue weighted by atomic mass is 10.3. The largest absolute Gasteiger partial charge is 0.497 e. The van der Waals surface area contributed by atoms with Crippen LogP contribution in [0.2, 0.25) is 0 Å². The first-order chi connectivity index (χ1) is 12.8. The summed E-state index contributed by atoms with van der Waals surface area (Å²) in [5, 5.41) is 10.7. The predicted molar refractivity (Wildman–Crippen MR) is 97.2 cm³/mol. The van der Waals surface area contributed by atoms with Crippen molar-refractivity contribution in [2.75, 3.05) is 18.6 Å². The van der Waals surface area contributed by atoms with Crippen LogP contribution in [0.5, 0.6) is 5.75 Å². The number of carbonyl (C=O) groups is 1. The fourth-order valence-electron chi connectivity index (χ4n) is 2.83. The normalized spacial score (nSPS) is 17.1. The molecule has 27 heavy (non-hydrogen) atoms. The first-order valence-electron chi connectivity index (χ1n) is 8.01. The van der Waals surface area contributed by atoms with Gasteiger partial charge in [-0.2, -0.15) is 0 Å². The Kier molecular flexibility index (Phi) is 5.10. The molecule has 9 nitrogen and oxygen atoms in total. The summed E-state index contributed by atoms with van der Waals surface area (Å²) in [7, 11) is -2.36. The van der Waals surface area contributed by atoms with Crippen LogP contribution in [0.1, 0.15) is 6.42 Å². The van der Waals surface area contributed by atoms with Crippen LogP contribution in [0, 0.1) is 10.1 Å². The third-order valence-corrected chi connectivity index (χ3v) is 5.73. The Morgan fingerprint density at radius 1 is 1.15 bits per heavy atom. The lowest BCUT2D eigenvalue weighted by molar-refractivity contribution is -0.384. The molecule has 2 aromatic rings. The summed E-state index contributed by atoms with van der Waals surface area (Å²) in [4.78, 5) is 23.7. The highest BCUT2D eigenvalue weighted by Gasteiger charge is 2.33. The van der Waals surface area contributed by atoms with E-state index in [-0.39, 0.29) is 29.5 Å². The molecule has 1 N–H and O–H groups in total. The molecule has 0 spiro atoms. The number of rotatable bonds is 6. The molecule has 10 heteroatoms. The van der Waals surface area contributed by atoms with Gasteiger partial charge in [0.15, 0.2) is 0 Å². The van der Waals surface area contributed by atoms with E-state index in [1.54, 1.807) is 31.4 Å². The van der Waals surface area contributed by atoms with Crippen LogP contribution < -0.4 is 14.4 Å². The number of amides is 1. The molecule has 1 aliphatic heterocycles. The molecule has 1 saturated heterocycles. The summed E-state index contributed by atoms with van der Waals surface area (Å²) in [6.07, 6.45) is 0.0260. The number of nitrogens with one attached hydrogen (secondary N) is 1. The van der Waals surface area contributed by atoms with Crippen LogP contribution in [0.4, 0.5) is 11.4 Å². The number of ether oxygens (including phenoxy) is 1. The SMILES string of the molecule is COc1ccc(N2CC(NS(=O)(=O)c3ccc([N+](=O)[O-])cc3)CC2=O)cc1. The lowest BCUT2D eigenvalue weighted by Crippen LogP contribution is -2.37. The number of carbonyl (C=O) groups excluding carboxylic acids is 1. The number of hydrogen-bond donors (Lipinski definition) is 1. The Morgan fingerprint density at radius 3 is 2.33 bits per heavy atom. The number of hydrogen-bond acceptors (Lipinski definition) is 6. The fraction of sp³-hybridized carbons (Fsp3) is 0.235. The van der Waals surface area contributed by atoms with E-state index in [4.69, 9.17) is 4.74 Å². The maximum Gasteiger partial charge on any atom is 0.269 e. The number of anilines is 1. The fourth-order valence-corrected chi connectivity index (χ4v) is 4.06. The minimum atomic E-state index is -3.90. The van der Waals surface area contributed by atoms with Gasteiger partial charge in [0, 0.05) is 36.8 Å². The smallest absolute Gasteiger partial charge is 0.269 e. The Labute approximate surface area is 155 Å². The Morgan fingerprint density at radius 2 is 1.78 bits per heavy atom. The molecule has 1 heterocycles. The zero-order valence-electron chi connectivity index (χ0n) is 14.4. The number of nitro groups is 1. The topological polar surface area (TPSA) is 119 Å². The van der Waals surface area contributed by atoms with E-state index >= 15 is 0 Å². The van der Waals surface area contributed by atoms with Crippen molar-refractivity contribution < 1.29 is 22.9 Å². The zero-order valence-corrected chi connectivity index (χ0v) is 15.2. The van der Waals surface area contributed by atoms with Gasteiger partial charge in [0.2, 0.25) is 15.9 Å². The number of nitrogens with zero attached hydrogens (tertiary/aromatic N) is 2. The molecule has 142 valence electrons. The van der Waals surface area contributed by atoms with E-state index in [1.165, 1.54) is 17.0 Å². The van der Waals surface area contributed by atoms with E-state index in [2.05, 4.69) is 4.72 Å². The Hall–Kier alpha value is -2.98. The van der Waals surface area contributed by atoms with E-state index < -0.39 is 21.0 Å². The van der Waals surface area contributed by atoms with Gasteiger partial charge >= 0.3 is 0 Å². The minimum Gasteiger partial charge on any atom is -0.497 e. The average Bonchev–Trinajstić information content (AvgIpc) is 3.01. The van der Waals surface area contributed by atoms with Gasteiger partial charge in [0.1, 0.15) is 5.75 Å². The third-order valence-electron chi connectivity index (χ3n) is 4.19. The molecule has 1 aliphatic rings. The molecular formula is C17H17N3O6S. The van der Waals surface area contributed by atoms with Crippen molar-refractivity contribution >= 4 is 27.3 Å². The second kappa shape index (κ2) is 7.33. The molecule has 0 radical (unpaired) electrons. The van der Waals surface area contributed by atoms with Crippen molar-refractivity contribution in [3.05, 3.63) is 58.6 Å². The maximum atomic E-state index is 12.5. The van der Waals surface area contributed by atoms with Crippen LogP contribution in [-0.4, -0.2) is 38.9 Å². The van der Waals surface area contributed by atoms with Gasteiger partial charge < -0.3 is 9.64 Å². The highest BCUT2D eigenvalue weighted by molar-refractivity contribution is 7.89. The molecule has 3 rings (SSSR count). The first kappa shape index (κ1) is 18.8. The van der Waals surface area contributed by atoms with Crippen molar-refractivity contribution in [2.45, 2.75) is 17.4 Å². The molecule has 1 amide bonds. The first-order valence-corrected chi connectivity index (χ1v) is 9.49. The van der Waals surface area contributed by atoms with Crippen LogP contribution in [0.15, 0.2) is 53.4 Å². The van der Waals surface area contributed by atoms with Gasteiger partial charge in [-0.25, -0.2) is 13.1 Å². The van der Waals surface area contributed by atoms with Crippen molar-refractivity contribution in [2.24, 2.45) is 0 Å². The number of benzene rings is 2. The number of methoxy groups -OCH3 is 1. The maximum absolute atomic E-state index is 12.5. The van der Waals surface area contributed by atoms with Crippen LogP contribution >= 0.6 is 0 Å². The van der Waals surface area contributed by atoms with Crippen molar-refractivity contribution in [3.63, 3.8) is 0 Å². The van der Waals surface area contributed by atoms with Gasteiger partial charge in [-0.1, -0.05) is 0 Å². The molecule has 0 aromatic heterocycles. The van der Waals surface area contributed by atoms with Crippen LogP contribution in [-0.2, 0) is 14.8 Å². The van der Waals surface area contributed by atoms with Gasteiger partial charge in [-0.3, -0.25) is 14.9 Å². The summed E-state index contributed by atoms with van der Waals surface area (Å²) in [6, 6.07) is 10.9. The van der Waals surface area contributed by atoms with Gasteiger partial charge in [-0.15, -0.1) is 0 Å². The zero-order chi connectivity index (χ0) is 19.6. The monoisotopic (exact) mass is 391 g/mol. The second-order valence-electron chi connectivity index (χ2n) is 5.98. The van der Waals surface area contributed by atoms with Crippen molar-refractivity contribution in [1.82, 2.24) is 4.72 Å². The van der Waals surface area contributed by atoms with Gasteiger partial charge in [0.05, 0.1) is 16.9 Å². The molecule has 1 unspecified atom stereocenters. The average molecular weight is 391 g/mol. The molecule has 1 atom stereocenters. The van der Waals surface area contributed by atoms with E-state index in [1.807, 2.05) is 0 Å². The van der Waals surface area contributed by atoms with E-state index in [0.717, 1.165) is 12.1 Å². The predicted octanol–water partition coefficient (Wildman–Crippen LogP) is 1.69. The van der Waals surface area contributed by atoms with Crippen molar-refractivity contribution in [1.29, 1.82) is 0 Å². The molecular weight excluding hydrogens is 374 g/mol. The summed E-state index contributed by atoms with van der Waals surface area (Å²) < 4.78 is 32.5. The van der Waals surface area contributed by atoms with E-state index in [0.29, 0.717) is 11.4 Å². The third kappa shape index (κ3) is 4.07. The van der Waals surface area contributed by atoms with E-state index in [9.17, 15) is 23.3 Å². The molecule has 1 fully saturated rings. The molecule has 2 aromatic carbocycles. The Balaban J connectivity index is 1.72. The highest BCUT2D eigenvalue weighted by atomic mass is 32.2.